The van der Waals surface area contributed by atoms with E-state index in [1.54, 1.807) is 0 Å². The van der Waals surface area contributed by atoms with Crippen molar-refractivity contribution < 1.29 is 9.53 Å². The van der Waals surface area contributed by atoms with Crippen molar-refractivity contribution in [3.8, 4) is 17.1 Å². The molecule has 0 bridgehead atoms. The van der Waals surface area contributed by atoms with Gasteiger partial charge in [-0.1, -0.05) is 43.2 Å². The van der Waals surface area contributed by atoms with Gasteiger partial charge in [0.2, 0.25) is 0 Å². The molecular formula is C30H34N4O2. The molecule has 0 spiro atoms. The number of nitrogens with zero attached hydrogens (tertiary/aromatic N) is 2. The molecule has 6 heteroatoms. The van der Waals surface area contributed by atoms with Crippen molar-refractivity contribution in [2.75, 3.05) is 6.54 Å². The molecule has 1 saturated carbocycles. The number of carbonyl (C=O) groups is 1. The minimum absolute atomic E-state index is 0.132. The summed E-state index contributed by atoms with van der Waals surface area (Å²) in [6.07, 6.45) is 4.74. The van der Waals surface area contributed by atoms with E-state index in [4.69, 9.17) is 15.5 Å². The van der Waals surface area contributed by atoms with Crippen LogP contribution in [0.4, 0.5) is 0 Å². The van der Waals surface area contributed by atoms with Crippen molar-refractivity contribution in [3.05, 3.63) is 83.9 Å². The Morgan fingerprint density at radius 3 is 2.47 bits per heavy atom. The van der Waals surface area contributed by atoms with Gasteiger partial charge in [0.25, 0.3) is 5.91 Å². The zero-order chi connectivity index (χ0) is 25.1. The van der Waals surface area contributed by atoms with Gasteiger partial charge in [-0.05, 0) is 74.7 Å². The molecule has 3 aromatic carbocycles. The maximum Gasteiger partial charge on any atom is 0.251 e. The quantitative estimate of drug-likeness (QED) is 0.329. The Bertz CT molecular complexity index is 1330. The lowest BCUT2D eigenvalue weighted by atomic mass is 10.1. The number of fused-ring (bicyclic) bond motifs is 1. The molecule has 6 nitrogen and oxygen atoms in total. The van der Waals surface area contributed by atoms with E-state index in [9.17, 15) is 4.79 Å². The molecule has 1 heterocycles. The molecule has 3 N–H and O–H groups in total. The highest BCUT2D eigenvalue weighted by Gasteiger charge is 2.24. The van der Waals surface area contributed by atoms with Crippen LogP contribution in [0.2, 0.25) is 0 Å². The van der Waals surface area contributed by atoms with Crippen LogP contribution in [0.5, 0.6) is 5.75 Å². The summed E-state index contributed by atoms with van der Waals surface area (Å²) in [5, 5.41) is 2.93. The summed E-state index contributed by atoms with van der Waals surface area (Å²) < 4.78 is 8.35. The second-order valence-corrected chi connectivity index (χ2v) is 10.4. The first kappa shape index (κ1) is 24.1. The van der Waals surface area contributed by atoms with Crippen LogP contribution in [-0.4, -0.2) is 27.5 Å². The van der Waals surface area contributed by atoms with Crippen LogP contribution >= 0.6 is 0 Å². The number of hydrogen-bond donors (Lipinski definition) is 2. The molecule has 4 aromatic rings. The number of aromatic nitrogens is 2. The minimum Gasteiger partial charge on any atom is -0.489 e. The third-order valence-corrected chi connectivity index (χ3v) is 6.71. The Kier molecular flexibility index (Phi) is 6.79. The topological polar surface area (TPSA) is 82.2 Å². The number of ether oxygens (including phenoxy) is 1. The molecule has 36 heavy (non-hydrogen) atoms. The van der Waals surface area contributed by atoms with Gasteiger partial charge in [-0.25, -0.2) is 4.98 Å². The fourth-order valence-electron chi connectivity index (χ4n) is 4.83. The third kappa shape index (κ3) is 5.44. The van der Waals surface area contributed by atoms with Gasteiger partial charge in [0.05, 0.1) is 11.0 Å². The van der Waals surface area contributed by atoms with E-state index in [0.29, 0.717) is 24.8 Å². The predicted molar refractivity (Wildman–Crippen MR) is 144 cm³/mol. The van der Waals surface area contributed by atoms with Crippen LogP contribution < -0.4 is 15.8 Å². The van der Waals surface area contributed by atoms with Gasteiger partial charge in [0.15, 0.2) is 0 Å². The Morgan fingerprint density at radius 1 is 1.06 bits per heavy atom. The first-order chi connectivity index (χ1) is 17.4. The predicted octanol–water partition coefficient (Wildman–Crippen LogP) is 5.86. The summed E-state index contributed by atoms with van der Waals surface area (Å²) in [5.74, 6) is 1.63. The number of hydrogen-bond acceptors (Lipinski definition) is 4. The van der Waals surface area contributed by atoms with Crippen molar-refractivity contribution >= 4 is 16.9 Å². The molecule has 0 atom stereocenters. The summed E-state index contributed by atoms with van der Waals surface area (Å²) >= 11 is 0. The second-order valence-electron chi connectivity index (χ2n) is 10.4. The smallest absolute Gasteiger partial charge is 0.251 e. The fourth-order valence-corrected chi connectivity index (χ4v) is 4.83. The third-order valence-electron chi connectivity index (χ3n) is 6.71. The molecule has 1 aliphatic carbocycles. The zero-order valence-electron chi connectivity index (χ0n) is 21.0. The molecule has 1 fully saturated rings. The number of carbonyl (C=O) groups excluding carboxylic acids is 1. The monoisotopic (exact) mass is 482 g/mol. The molecule has 1 amide bonds. The molecule has 1 aromatic heterocycles. The van der Waals surface area contributed by atoms with Crippen molar-refractivity contribution in [2.24, 2.45) is 5.73 Å². The number of imidazole rings is 1. The van der Waals surface area contributed by atoms with Crippen LogP contribution in [0, 0.1) is 0 Å². The largest absolute Gasteiger partial charge is 0.489 e. The number of nitrogens with one attached hydrogen (secondary N) is 1. The van der Waals surface area contributed by atoms with E-state index in [1.165, 1.54) is 12.8 Å². The van der Waals surface area contributed by atoms with Gasteiger partial charge >= 0.3 is 0 Å². The van der Waals surface area contributed by atoms with Crippen molar-refractivity contribution in [1.29, 1.82) is 0 Å². The van der Waals surface area contributed by atoms with E-state index in [0.717, 1.165) is 46.6 Å². The van der Waals surface area contributed by atoms with E-state index in [1.807, 2.05) is 62.4 Å². The maximum absolute atomic E-state index is 12.7. The SMILES string of the molecule is CC(C)(N)CNC(=O)c1ccc2c(c1)nc(-c1ccc(OCc3ccccc3)cc1)n2C1CCCC1. The second kappa shape index (κ2) is 10.2. The van der Waals surface area contributed by atoms with Gasteiger partial charge in [-0.15, -0.1) is 0 Å². The summed E-state index contributed by atoms with van der Waals surface area (Å²) in [5.41, 5.74) is 10.2. The first-order valence-corrected chi connectivity index (χ1v) is 12.7. The lowest BCUT2D eigenvalue weighted by Crippen LogP contribution is -2.45. The number of amides is 1. The van der Waals surface area contributed by atoms with Gasteiger partial charge in [-0.2, -0.15) is 0 Å². The molecular weight excluding hydrogens is 448 g/mol. The Labute approximate surface area is 212 Å². The van der Waals surface area contributed by atoms with Crippen LogP contribution in [0.15, 0.2) is 72.8 Å². The number of rotatable bonds is 8. The van der Waals surface area contributed by atoms with Gasteiger partial charge in [-0.3, -0.25) is 4.79 Å². The Balaban J connectivity index is 1.43. The highest BCUT2D eigenvalue weighted by molar-refractivity contribution is 5.98. The molecule has 0 unspecified atom stereocenters. The maximum atomic E-state index is 12.7. The van der Waals surface area contributed by atoms with Crippen LogP contribution in [0.1, 0.15) is 61.5 Å². The normalized spacial score (nSPS) is 14.3. The standard InChI is InChI=1S/C30H34N4O2/c1-30(2,31)20-32-29(35)23-14-17-27-26(18-23)33-28(34(27)24-10-6-7-11-24)22-12-15-25(16-13-22)36-19-21-8-4-3-5-9-21/h3-5,8-9,12-18,24H,6-7,10-11,19-20,31H2,1-2H3,(H,32,35). The molecule has 0 aliphatic heterocycles. The highest BCUT2D eigenvalue weighted by Crippen LogP contribution is 2.37. The Hall–Kier alpha value is -3.64. The first-order valence-electron chi connectivity index (χ1n) is 12.7. The lowest BCUT2D eigenvalue weighted by Gasteiger charge is -2.19. The highest BCUT2D eigenvalue weighted by atomic mass is 16.5. The fraction of sp³-hybridized carbons (Fsp3) is 0.333. The van der Waals surface area contributed by atoms with E-state index in [-0.39, 0.29) is 5.91 Å². The van der Waals surface area contributed by atoms with Gasteiger partial charge in [0.1, 0.15) is 18.2 Å². The van der Waals surface area contributed by atoms with Gasteiger partial charge < -0.3 is 20.4 Å². The van der Waals surface area contributed by atoms with Crippen LogP contribution in [0.25, 0.3) is 22.4 Å². The zero-order valence-corrected chi connectivity index (χ0v) is 21.0. The van der Waals surface area contributed by atoms with E-state index < -0.39 is 5.54 Å². The van der Waals surface area contributed by atoms with E-state index in [2.05, 4.69) is 34.1 Å². The molecule has 1 aliphatic rings. The molecule has 5 rings (SSSR count). The van der Waals surface area contributed by atoms with Gasteiger partial charge in [0, 0.05) is 29.3 Å². The van der Waals surface area contributed by atoms with Crippen molar-refractivity contribution in [1.82, 2.24) is 14.9 Å². The minimum atomic E-state index is -0.464. The van der Waals surface area contributed by atoms with E-state index >= 15 is 0 Å². The molecule has 0 saturated heterocycles. The average Bonchev–Trinajstić information content (AvgIpc) is 3.54. The summed E-state index contributed by atoms with van der Waals surface area (Å²) in [7, 11) is 0. The summed E-state index contributed by atoms with van der Waals surface area (Å²) in [4.78, 5) is 17.8. The molecule has 0 radical (unpaired) electrons. The summed E-state index contributed by atoms with van der Waals surface area (Å²) in [6, 6.07) is 24.5. The lowest BCUT2D eigenvalue weighted by molar-refractivity contribution is 0.0946. The van der Waals surface area contributed by atoms with Crippen molar-refractivity contribution in [2.45, 2.75) is 57.7 Å². The number of benzene rings is 3. The average molecular weight is 483 g/mol. The Morgan fingerprint density at radius 2 is 1.78 bits per heavy atom. The number of nitrogens with two attached hydrogens (primary N) is 1. The van der Waals surface area contributed by atoms with Crippen LogP contribution in [-0.2, 0) is 6.61 Å². The van der Waals surface area contributed by atoms with Crippen molar-refractivity contribution in [3.63, 3.8) is 0 Å². The van der Waals surface area contributed by atoms with Crippen LogP contribution in [0.3, 0.4) is 0 Å². The molecule has 186 valence electrons. The summed E-state index contributed by atoms with van der Waals surface area (Å²) in [6.45, 7) is 4.73.